The smallest absolute Gasteiger partial charge is 0.246 e. The standard InChI is InChI=1S/C32H46N4O5/c1-5-6-17-35(3)18-10-19-36-28(30(38)34-24-14-8-7-11-21(24)2)32-16-15-25(41-32)26(27(32)31(36)39)29(37)33-22-12-9-13-23(20-22)40-4/h9,12-13,15-16,20-21,24-28H,5-8,10-11,14,17-19H2,1-4H3,(H,33,37)(H,34,38)/t21?,24?,25-,26?,27-,28?,32?/m1/s1. The maximum atomic E-state index is 14.2. The Bertz CT molecular complexity index is 1160. The predicted octanol–water partition coefficient (Wildman–Crippen LogP) is 3.60. The molecule has 1 aliphatic carbocycles. The number of amides is 3. The van der Waals surface area contributed by atoms with Crippen LogP contribution in [-0.4, -0.2) is 85.1 Å². The van der Waals surface area contributed by atoms with Crippen molar-refractivity contribution in [1.82, 2.24) is 15.1 Å². The minimum atomic E-state index is -1.14. The van der Waals surface area contributed by atoms with E-state index in [9.17, 15) is 14.4 Å². The molecule has 41 heavy (non-hydrogen) atoms. The lowest BCUT2D eigenvalue weighted by Gasteiger charge is -2.36. The molecule has 9 heteroatoms. The van der Waals surface area contributed by atoms with Gasteiger partial charge < -0.3 is 29.9 Å². The third-order valence-electron chi connectivity index (χ3n) is 9.53. The molecule has 3 amide bonds. The fourth-order valence-corrected chi connectivity index (χ4v) is 7.28. The number of unbranched alkanes of at least 4 members (excludes halogenated alkanes) is 1. The Labute approximate surface area is 244 Å². The lowest BCUT2D eigenvalue weighted by Crippen LogP contribution is -2.57. The topological polar surface area (TPSA) is 100 Å². The highest BCUT2D eigenvalue weighted by molar-refractivity contribution is 6.02. The van der Waals surface area contributed by atoms with E-state index in [0.717, 1.165) is 51.6 Å². The average molecular weight is 567 g/mol. The third kappa shape index (κ3) is 5.75. The molecule has 1 aromatic rings. The fourth-order valence-electron chi connectivity index (χ4n) is 7.28. The molecule has 1 spiro atoms. The maximum Gasteiger partial charge on any atom is 0.246 e. The summed E-state index contributed by atoms with van der Waals surface area (Å²) < 4.78 is 11.8. The molecule has 3 aliphatic heterocycles. The molecule has 2 saturated heterocycles. The molecule has 0 aromatic heterocycles. The van der Waals surface area contributed by atoms with E-state index in [1.54, 1.807) is 30.2 Å². The average Bonchev–Trinajstić information content (AvgIpc) is 3.60. The van der Waals surface area contributed by atoms with Crippen LogP contribution in [0.2, 0.25) is 0 Å². The Kier molecular flexibility index (Phi) is 9.04. The first kappa shape index (κ1) is 29.6. The van der Waals surface area contributed by atoms with Crippen molar-refractivity contribution in [3.63, 3.8) is 0 Å². The number of carbonyl (C=O) groups is 3. The van der Waals surface area contributed by atoms with Crippen molar-refractivity contribution >= 4 is 23.4 Å². The van der Waals surface area contributed by atoms with E-state index in [1.807, 2.05) is 18.2 Å². The Morgan fingerprint density at radius 1 is 1.17 bits per heavy atom. The number of hydrogen-bond acceptors (Lipinski definition) is 6. The second-order valence-electron chi connectivity index (χ2n) is 12.3. The molecule has 4 aliphatic rings. The number of nitrogens with zero attached hydrogens (tertiary/aromatic N) is 2. The van der Waals surface area contributed by atoms with Crippen LogP contribution in [0, 0.1) is 17.8 Å². The lowest BCUT2D eigenvalue weighted by molar-refractivity contribution is -0.141. The van der Waals surface area contributed by atoms with Gasteiger partial charge in [-0.2, -0.15) is 0 Å². The van der Waals surface area contributed by atoms with Crippen LogP contribution in [0.1, 0.15) is 58.8 Å². The van der Waals surface area contributed by atoms with Crippen LogP contribution in [0.15, 0.2) is 36.4 Å². The van der Waals surface area contributed by atoms with Gasteiger partial charge in [-0.25, -0.2) is 0 Å². The summed E-state index contributed by atoms with van der Waals surface area (Å²) in [6.07, 6.45) is 10.5. The first-order valence-electron chi connectivity index (χ1n) is 15.4. The van der Waals surface area contributed by atoms with Crippen LogP contribution in [0.4, 0.5) is 5.69 Å². The molecule has 224 valence electrons. The van der Waals surface area contributed by atoms with Gasteiger partial charge in [-0.15, -0.1) is 0 Å². The SMILES string of the molecule is CCCCN(C)CCCN1C(=O)[C@H]2C(C(=O)Nc3cccc(OC)c3)[C@H]3C=CC2(O3)C1C(=O)NC1CCCCC1C. The third-order valence-corrected chi connectivity index (χ3v) is 9.53. The molecule has 5 rings (SSSR count). The van der Waals surface area contributed by atoms with Crippen LogP contribution in [0.25, 0.3) is 0 Å². The van der Waals surface area contributed by atoms with Crippen molar-refractivity contribution in [3.8, 4) is 5.75 Å². The lowest BCUT2D eigenvalue weighted by atomic mass is 9.74. The summed E-state index contributed by atoms with van der Waals surface area (Å²) in [7, 11) is 3.67. The van der Waals surface area contributed by atoms with Gasteiger partial charge in [-0.3, -0.25) is 14.4 Å². The summed E-state index contributed by atoms with van der Waals surface area (Å²) in [5.74, 6) is -1.08. The molecule has 3 heterocycles. The van der Waals surface area contributed by atoms with Crippen LogP contribution >= 0.6 is 0 Å². The van der Waals surface area contributed by atoms with Gasteiger partial charge in [0.05, 0.1) is 25.0 Å². The molecule has 9 nitrogen and oxygen atoms in total. The number of hydrogen-bond donors (Lipinski definition) is 2. The van der Waals surface area contributed by atoms with Gasteiger partial charge in [0.15, 0.2) is 0 Å². The maximum absolute atomic E-state index is 14.2. The van der Waals surface area contributed by atoms with Crippen LogP contribution in [0.3, 0.4) is 0 Å². The zero-order chi connectivity index (χ0) is 29.1. The zero-order valence-corrected chi connectivity index (χ0v) is 24.9. The van der Waals surface area contributed by atoms with Gasteiger partial charge >= 0.3 is 0 Å². The van der Waals surface area contributed by atoms with Crippen molar-refractivity contribution in [1.29, 1.82) is 0 Å². The van der Waals surface area contributed by atoms with Gasteiger partial charge in [0.25, 0.3) is 0 Å². The Balaban J connectivity index is 1.38. The minimum absolute atomic E-state index is 0.0820. The molecule has 0 radical (unpaired) electrons. The van der Waals surface area contributed by atoms with Crippen LogP contribution in [-0.2, 0) is 19.1 Å². The van der Waals surface area contributed by atoms with Gasteiger partial charge in [-0.05, 0) is 63.9 Å². The number of likely N-dealkylation sites (tertiary alicyclic amines) is 1. The molecule has 5 unspecified atom stereocenters. The number of benzene rings is 1. The van der Waals surface area contributed by atoms with Crippen LogP contribution in [0.5, 0.6) is 5.75 Å². The molecule has 1 saturated carbocycles. The predicted molar refractivity (Wildman–Crippen MR) is 157 cm³/mol. The number of ether oxygens (including phenoxy) is 2. The number of anilines is 1. The summed E-state index contributed by atoms with van der Waals surface area (Å²) in [4.78, 5) is 45.9. The largest absolute Gasteiger partial charge is 0.497 e. The first-order chi connectivity index (χ1) is 19.8. The molecule has 2 bridgehead atoms. The van der Waals surface area contributed by atoms with Crippen molar-refractivity contribution in [2.24, 2.45) is 17.8 Å². The number of fused-ring (bicyclic) bond motifs is 1. The van der Waals surface area contributed by atoms with Gasteiger partial charge in [-0.1, -0.05) is 51.3 Å². The monoisotopic (exact) mass is 566 g/mol. The summed E-state index contributed by atoms with van der Waals surface area (Å²) >= 11 is 0. The number of nitrogens with one attached hydrogen (secondary N) is 2. The van der Waals surface area contributed by atoms with E-state index in [4.69, 9.17) is 9.47 Å². The van der Waals surface area contributed by atoms with Crippen LogP contribution < -0.4 is 15.4 Å². The van der Waals surface area contributed by atoms with Crippen molar-refractivity contribution in [2.75, 3.05) is 39.1 Å². The Hall–Kier alpha value is -2.91. The highest BCUT2D eigenvalue weighted by atomic mass is 16.5. The molecular weight excluding hydrogens is 520 g/mol. The van der Waals surface area contributed by atoms with E-state index in [2.05, 4.69) is 36.4 Å². The zero-order valence-electron chi connectivity index (χ0n) is 24.9. The summed E-state index contributed by atoms with van der Waals surface area (Å²) in [6, 6.07) is 6.43. The van der Waals surface area contributed by atoms with E-state index in [-0.39, 0.29) is 23.8 Å². The molecule has 1 aromatic carbocycles. The Morgan fingerprint density at radius 3 is 2.71 bits per heavy atom. The van der Waals surface area contributed by atoms with E-state index in [0.29, 0.717) is 23.9 Å². The molecule has 3 fully saturated rings. The summed E-state index contributed by atoms with van der Waals surface area (Å²) in [5.41, 5.74) is -0.554. The summed E-state index contributed by atoms with van der Waals surface area (Å²) in [6.45, 7) is 6.63. The molecule has 2 N–H and O–H groups in total. The van der Waals surface area contributed by atoms with Crippen molar-refractivity contribution in [3.05, 3.63) is 36.4 Å². The normalized spacial score (nSPS) is 31.9. The van der Waals surface area contributed by atoms with E-state index in [1.165, 1.54) is 6.42 Å². The van der Waals surface area contributed by atoms with Gasteiger partial charge in [0, 0.05) is 24.3 Å². The number of carbonyl (C=O) groups excluding carboxylic acids is 3. The number of methoxy groups -OCH3 is 1. The fraction of sp³-hybridized carbons (Fsp3) is 0.656. The van der Waals surface area contributed by atoms with E-state index < -0.39 is 29.6 Å². The minimum Gasteiger partial charge on any atom is -0.497 e. The second-order valence-corrected chi connectivity index (χ2v) is 12.3. The van der Waals surface area contributed by atoms with E-state index >= 15 is 0 Å². The quantitative estimate of drug-likeness (QED) is 0.375. The summed E-state index contributed by atoms with van der Waals surface area (Å²) in [5, 5.41) is 6.27. The highest BCUT2D eigenvalue weighted by Crippen LogP contribution is 2.55. The van der Waals surface area contributed by atoms with Crippen molar-refractivity contribution < 1.29 is 23.9 Å². The van der Waals surface area contributed by atoms with Gasteiger partial charge in [0.1, 0.15) is 17.4 Å². The highest BCUT2D eigenvalue weighted by Gasteiger charge is 2.72. The molecule has 7 atom stereocenters. The van der Waals surface area contributed by atoms with Gasteiger partial charge in [0.2, 0.25) is 17.7 Å². The first-order valence-corrected chi connectivity index (χ1v) is 15.4. The molecular formula is C32H46N4O5. The Morgan fingerprint density at radius 2 is 1.95 bits per heavy atom. The van der Waals surface area contributed by atoms with Crippen molar-refractivity contribution in [2.45, 2.75) is 82.6 Å². The number of rotatable bonds is 12. The second kappa shape index (κ2) is 12.5.